The van der Waals surface area contributed by atoms with Crippen LogP contribution in [0.4, 0.5) is 5.69 Å². The second-order valence-electron chi connectivity index (χ2n) is 8.82. The summed E-state index contributed by atoms with van der Waals surface area (Å²) in [6.45, 7) is 10.2. The van der Waals surface area contributed by atoms with Gasteiger partial charge in [0.05, 0.1) is 16.7 Å². The summed E-state index contributed by atoms with van der Waals surface area (Å²) < 4.78 is 14.3. The van der Waals surface area contributed by atoms with Gasteiger partial charge in [0, 0.05) is 29.9 Å². The number of carbonyl (C=O) groups is 1. The molecule has 29 heavy (non-hydrogen) atoms. The van der Waals surface area contributed by atoms with E-state index < -0.39 is 18.3 Å². The molecular weight excluding hydrogens is 363 g/mol. The van der Waals surface area contributed by atoms with Crippen LogP contribution < -0.4 is 10.8 Å². The number of fused-ring (bicyclic) bond motifs is 1. The normalized spacial score (nSPS) is 17.7. The fourth-order valence-electron chi connectivity index (χ4n) is 3.67. The van der Waals surface area contributed by atoms with Gasteiger partial charge in [-0.05, 0) is 69.9 Å². The predicted molar refractivity (Wildman–Crippen MR) is 118 cm³/mol. The van der Waals surface area contributed by atoms with Crippen molar-refractivity contribution in [1.82, 2.24) is 4.57 Å². The lowest BCUT2D eigenvalue weighted by atomic mass is 9.78. The summed E-state index contributed by atoms with van der Waals surface area (Å²) in [6, 6.07) is 13.4. The molecule has 0 spiro atoms. The van der Waals surface area contributed by atoms with E-state index in [0.29, 0.717) is 5.56 Å². The van der Waals surface area contributed by atoms with Crippen LogP contribution in [0.25, 0.3) is 10.9 Å². The molecule has 0 radical (unpaired) electrons. The molecule has 2 heterocycles. The van der Waals surface area contributed by atoms with Gasteiger partial charge in [-0.3, -0.25) is 4.79 Å². The summed E-state index contributed by atoms with van der Waals surface area (Å²) >= 11 is 0. The van der Waals surface area contributed by atoms with Crippen molar-refractivity contribution < 1.29 is 14.1 Å². The molecule has 4 rings (SSSR count). The first-order valence-corrected chi connectivity index (χ1v) is 9.90. The predicted octanol–water partition coefficient (Wildman–Crippen LogP) is 4.04. The van der Waals surface area contributed by atoms with Gasteiger partial charge in [0.1, 0.15) is 0 Å². The van der Waals surface area contributed by atoms with Gasteiger partial charge in [0.15, 0.2) is 0 Å². The molecule has 1 amide bonds. The fourth-order valence-corrected chi connectivity index (χ4v) is 3.67. The molecule has 5 nitrogen and oxygen atoms in total. The first-order valence-electron chi connectivity index (χ1n) is 9.90. The van der Waals surface area contributed by atoms with Crippen LogP contribution in [0.1, 0.15) is 43.6 Å². The van der Waals surface area contributed by atoms with Gasteiger partial charge in [-0.15, -0.1) is 0 Å². The van der Waals surface area contributed by atoms with Gasteiger partial charge in [-0.1, -0.05) is 18.2 Å². The van der Waals surface area contributed by atoms with Crippen LogP contribution in [0.2, 0.25) is 0 Å². The third-order valence-electron chi connectivity index (χ3n) is 6.12. The summed E-state index contributed by atoms with van der Waals surface area (Å²) in [4.78, 5) is 12.9. The van der Waals surface area contributed by atoms with Crippen LogP contribution in [0.3, 0.4) is 0 Å². The Morgan fingerprint density at radius 3 is 2.41 bits per heavy atom. The van der Waals surface area contributed by atoms with E-state index in [1.807, 2.05) is 71.1 Å². The Hall–Kier alpha value is -2.57. The third kappa shape index (κ3) is 3.47. The van der Waals surface area contributed by atoms with Gasteiger partial charge in [-0.25, -0.2) is 0 Å². The maximum absolute atomic E-state index is 12.9. The molecule has 1 fully saturated rings. The second kappa shape index (κ2) is 6.75. The average Bonchev–Trinajstić information content (AvgIpc) is 3.06. The van der Waals surface area contributed by atoms with Gasteiger partial charge in [0.25, 0.3) is 5.91 Å². The summed E-state index contributed by atoms with van der Waals surface area (Å²) in [5.74, 6) is -0.159. The number of hydrogen-bond acceptors (Lipinski definition) is 3. The summed E-state index contributed by atoms with van der Waals surface area (Å²) in [5, 5.41) is 4.19. The highest BCUT2D eigenvalue weighted by molar-refractivity contribution is 6.62. The molecule has 0 aliphatic carbocycles. The Labute approximate surface area is 172 Å². The van der Waals surface area contributed by atoms with Crippen molar-refractivity contribution in [1.29, 1.82) is 0 Å². The van der Waals surface area contributed by atoms with Gasteiger partial charge in [-0.2, -0.15) is 0 Å². The number of benzene rings is 2. The maximum Gasteiger partial charge on any atom is 0.494 e. The van der Waals surface area contributed by atoms with Gasteiger partial charge >= 0.3 is 7.12 Å². The zero-order valence-electron chi connectivity index (χ0n) is 17.9. The number of nitrogens with one attached hydrogen (secondary N) is 1. The highest BCUT2D eigenvalue weighted by Gasteiger charge is 2.51. The Balaban J connectivity index is 1.56. The Kier molecular flexibility index (Phi) is 4.59. The molecule has 1 aliphatic rings. The smallest absolute Gasteiger partial charge is 0.399 e. The van der Waals surface area contributed by atoms with E-state index >= 15 is 0 Å². The number of aryl methyl sites for hydroxylation is 2. The number of rotatable bonds is 3. The molecule has 1 aromatic heterocycles. The maximum atomic E-state index is 12.9. The molecule has 0 atom stereocenters. The molecule has 0 unspecified atom stereocenters. The van der Waals surface area contributed by atoms with E-state index in [9.17, 15) is 4.79 Å². The molecule has 0 saturated carbocycles. The van der Waals surface area contributed by atoms with E-state index in [2.05, 4.69) is 23.0 Å². The number of carbonyl (C=O) groups excluding carboxylic acids is 1. The third-order valence-corrected chi connectivity index (χ3v) is 6.12. The number of hydrogen-bond donors (Lipinski definition) is 1. The van der Waals surface area contributed by atoms with Gasteiger partial charge < -0.3 is 19.2 Å². The standard InChI is InChI=1S/C23H27BN2O3/c1-15-14-26(6)20-13-18(10-11-19(15)20)25-21(27)16-8-7-9-17(12-16)24-28-22(2,3)23(4,5)29-24/h7-14H,1-6H3,(H,25,27). The van der Waals surface area contributed by atoms with E-state index in [4.69, 9.17) is 9.31 Å². The Morgan fingerprint density at radius 2 is 1.72 bits per heavy atom. The molecule has 3 aromatic rings. The summed E-state index contributed by atoms with van der Waals surface area (Å²) in [5.41, 5.74) is 3.65. The number of nitrogens with zero attached hydrogens (tertiary/aromatic N) is 1. The largest absolute Gasteiger partial charge is 0.494 e. The highest BCUT2D eigenvalue weighted by Crippen LogP contribution is 2.36. The molecule has 2 aromatic carbocycles. The minimum atomic E-state index is -0.490. The van der Waals surface area contributed by atoms with Crippen LogP contribution in [0, 0.1) is 6.92 Å². The SMILES string of the molecule is Cc1cn(C)c2cc(NC(=O)c3cccc(B4OC(C)(C)C(C)(C)O4)c3)ccc12. The molecule has 1 saturated heterocycles. The quantitative estimate of drug-likeness (QED) is 0.687. The molecule has 1 N–H and O–H groups in total. The fraction of sp³-hybridized carbons (Fsp3) is 0.348. The molecule has 0 bridgehead atoms. The highest BCUT2D eigenvalue weighted by atomic mass is 16.7. The zero-order valence-corrected chi connectivity index (χ0v) is 17.9. The van der Waals surface area contributed by atoms with Crippen molar-refractivity contribution in [3.63, 3.8) is 0 Å². The molecule has 1 aliphatic heterocycles. The van der Waals surface area contributed by atoms with Crippen LogP contribution in [0.15, 0.2) is 48.7 Å². The lowest BCUT2D eigenvalue weighted by molar-refractivity contribution is 0.00578. The van der Waals surface area contributed by atoms with Crippen molar-refractivity contribution in [2.75, 3.05) is 5.32 Å². The van der Waals surface area contributed by atoms with Crippen LogP contribution in [-0.2, 0) is 16.4 Å². The lowest BCUT2D eigenvalue weighted by Crippen LogP contribution is -2.41. The average molecular weight is 390 g/mol. The van der Waals surface area contributed by atoms with E-state index in [1.54, 1.807) is 6.07 Å². The van der Waals surface area contributed by atoms with Crippen LogP contribution in [0.5, 0.6) is 0 Å². The van der Waals surface area contributed by atoms with E-state index in [0.717, 1.165) is 16.7 Å². The number of amides is 1. The van der Waals surface area contributed by atoms with Crippen molar-refractivity contribution in [3.05, 3.63) is 59.8 Å². The van der Waals surface area contributed by atoms with Crippen LogP contribution >= 0.6 is 0 Å². The first kappa shape index (κ1) is 19.7. The zero-order chi connectivity index (χ0) is 21.0. The summed E-state index contributed by atoms with van der Waals surface area (Å²) in [7, 11) is 1.52. The summed E-state index contributed by atoms with van der Waals surface area (Å²) in [6.07, 6.45) is 2.09. The van der Waals surface area contributed by atoms with Crippen molar-refractivity contribution in [2.45, 2.75) is 45.8 Å². The first-order chi connectivity index (χ1) is 13.6. The van der Waals surface area contributed by atoms with E-state index in [1.165, 1.54) is 10.9 Å². The van der Waals surface area contributed by atoms with Crippen molar-refractivity contribution >= 4 is 35.1 Å². The monoisotopic (exact) mass is 390 g/mol. The Morgan fingerprint density at radius 1 is 1.03 bits per heavy atom. The van der Waals surface area contributed by atoms with Crippen molar-refractivity contribution in [3.8, 4) is 0 Å². The number of anilines is 1. The minimum Gasteiger partial charge on any atom is -0.399 e. The van der Waals surface area contributed by atoms with E-state index in [-0.39, 0.29) is 5.91 Å². The molecule has 6 heteroatoms. The number of aromatic nitrogens is 1. The molecule has 150 valence electrons. The Bertz CT molecular complexity index is 1080. The topological polar surface area (TPSA) is 52.5 Å². The van der Waals surface area contributed by atoms with Crippen molar-refractivity contribution in [2.24, 2.45) is 7.05 Å². The second-order valence-corrected chi connectivity index (χ2v) is 8.82. The molecular formula is C23H27BN2O3. The minimum absolute atomic E-state index is 0.159. The van der Waals surface area contributed by atoms with Gasteiger partial charge in [0.2, 0.25) is 0 Å². The van der Waals surface area contributed by atoms with Crippen LogP contribution in [-0.4, -0.2) is 28.8 Å². The lowest BCUT2D eigenvalue weighted by Gasteiger charge is -2.32.